The summed E-state index contributed by atoms with van der Waals surface area (Å²) in [5.41, 5.74) is 1.07. The highest BCUT2D eigenvalue weighted by Crippen LogP contribution is 2.13. The zero-order valence-electron chi connectivity index (χ0n) is 11.4. The number of aryl methyl sites for hydroxylation is 1. The van der Waals surface area contributed by atoms with E-state index in [0.29, 0.717) is 19.5 Å². The maximum absolute atomic E-state index is 11.8. The van der Waals surface area contributed by atoms with Gasteiger partial charge in [0.2, 0.25) is 5.91 Å². The van der Waals surface area contributed by atoms with Gasteiger partial charge in [0.25, 0.3) is 0 Å². The minimum atomic E-state index is 0.0556. The number of hydrogen-bond acceptors (Lipinski definition) is 3. The maximum atomic E-state index is 11.8. The molecule has 0 saturated carbocycles. The van der Waals surface area contributed by atoms with E-state index in [4.69, 9.17) is 4.74 Å². The molecular formula is C15H19N3O2. The summed E-state index contributed by atoms with van der Waals surface area (Å²) in [4.78, 5) is 11.8. The van der Waals surface area contributed by atoms with E-state index >= 15 is 0 Å². The van der Waals surface area contributed by atoms with Crippen molar-refractivity contribution in [1.29, 1.82) is 0 Å². The average molecular weight is 273 g/mol. The Morgan fingerprint density at radius 1 is 1.45 bits per heavy atom. The highest BCUT2D eigenvalue weighted by Gasteiger charge is 2.16. The third kappa shape index (κ3) is 2.99. The Labute approximate surface area is 117 Å². The van der Waals surface area contributed by atoms with E-state index in [1.54, 1.807) is 0 Å². The molecule has 0 bridgehead atoms. The number of rotatable bonds is 5. The van der Waals surface area contributed by atoms with Crippen LogP contribution in [0.15, 0.2) is 30.5 Å². The summed E-state index contributed by atoms with van der Waals surface area (Å²) in [6, 6.07) is 8.02. The summed E-state index contributed by atoms with van der Waals surface area (Å²) in [6.07, 6.45) is 4.62. The van der Waals surface area contributed by atoms with Gasteiger partial charge in [-0.15, -0.1) is 0 Å². The highest BCUT2D eigenvalue weighted by molar-refractivity contribution is 5.79. The molecule has 3 rings (SSSR count). The van der Waals surface area contributed by atoms with Crippen LogP contribution in [0.5, 0.6) is 0 Å². The van der Waals surface area contributed by atoms with Gasteiger partial charge in [0.05, 0.1) is 24.4 Å². The molecule has 5 heteroatoms. The Morgan fingerprint density at radius 2 is 2.35 bits per heavy atom. The minimum Gasteiger partial charge on any atom is -0.376 e. The van der Waals surface area contributed by atoms with Crippen LogP contribution < -0.4 is 5.32 Å². The van der Waals surface area contributed by atoms with Gasteiger partial charge in [-0.2, -0.15) is 5.10 Å². The standard InChI is InChI=1S/C15H19N3O2/c19-15(16-11-13-5-3-9-20-13)7-8-18-14-6-2-1-4-12(14)10-17-18/h1-2,4,6,10,13H,3,5,7-9,11H2,(H,16,19)/t13-/m0/s1. The summed E-state index contributed by atoms with van der Waals surface area (Å²) >= 11 is 0. The zero-order chi connectivity index (χ0) is 13.8. The smallest absolute Gasteiger partial charge is 0.221 e. The number of fused-ring (bicyclic) bond motifs is 1. The number of para-hydroxylation sites is 1. The summed E-state index contributed by atoms with van der Waals surface area (Å²) < 4.78 is 7.36. The number of nitrogens with zero attached hydrogens (tertiary/aromatic N) is 2. The van der Waals surface area contributed by atoms with Gasteiger partial charge in [0, 0.05) is 25.0 Å². The van der Waals surface area contributed by atoms with E-state index in [-0.39, 0.29) is 12.0 Å². The quantitative estimate of drug-likeness (QED) is 0.902. The second-order valence-electron chi connectivity index (χ2n) is 5.12. The van der Waals surface area contributed by atoms with E-state index in [1.807, 2.05) is 35.1 Å². The van der Waals surface area contributed by atoms with Crippen molar-refractivity contribution in [2.75, 3.05) is 13.2 Å². The first-order chi connectivity index (χ1) is 9.83. The van der Waals surface area contributed by atoms with Crippen LogP contribution in [0, 0.1) is 0 Å². The first-order valence-corrected chi connectivity index (χ1v) is 7.12. The Bertz CT molecular complexity index is 588. The maximum Gasteiger partial charge on any atom is 0.221 e. The monoisotopic (exact) mass is 273 g/mol. The van der Waals surface area contributed by atoms with Gasteiger partial charge in [-0.3, -0.25) is 9.48 Å². The summed E-state index contributed by atoms with van der Waals surface area (Å²) in [5.74, 6) is 0.0556. The van der Waals surface area contributed by atoms with Crippen molar-refractivity contribution in [3.8, 4) is 0 Å². The van der Waals surface area contributed by atoms with Crippen LogP contribution in [-0.4, -0.2) is 34.9 Å². The number of carbonyl (C=O) groups is 1. The normalized spacial score (nSPS) is 18.5. The first-order valence-electron chi connectivity index (χ1n) is 7.12. The summed E-state index contributed by atoms with van der Waals surface area (Å²) in [6.45, 7) is 2.05. The predicted molar refractivity (Wildman–Crippen MR) is 76.3 cm³/mol. The van der Waals surface area contributed by atoms with Gasteiger partial charge < -0.3 is 10.1 Å². The molecule has 1 fully saturated rings. The molecule has 1 N–H and O–H groups in total. The predicted octanol–water partition coefficient (Wildman–Crippen LogP) is 1.72. The highest BCUT2D eigenvalue weighted by atomic mass is 16.5. The molecule has 1 atom stereocenters. The molecule has 0 spiro atoms. The van der Waals surface area contributed by atoms with Gasteiger partial charge in [0.1, 0.15) is 0 Å². The number of benzene rings is 1. The van der Waals surface area contributed by atoms with Crippen molar-refractivity contribution in [3.63, 3.8) is 0 Å². The second kappa shape index (κ2) is 6.05. The molecule has 1 aromatic carbocycles. The molecule has 1 aliphatic heterocycles. The molecule has 0 aliphatic carbocycles. The Hall–Kier alpha value is -1.88. The topological polar surface area (TPSA) is 56.2 Å². The van der Waals surface area contributed by atoms with E-state index < -0.39 is 0 Å². The molecule has 1 aromatic heterocycles. The molecule has 2 heterocycles. The van der Waals surface area contributed by atoms with Gasteiger partial charge in [-0.1, -0.05) is 18.2 Å². The van der Waals surface area contributed by atoms with E-state index in [2.05, 4.69) is 10.4 Å². The molecule has 0 radical (unpaired) electrons. The van der Waals surface area contributed by atoms with Crippen LogP contribution in [0.2, 0.25) is 0 Å². The lowest BCUT2D eigenvalue weighted by Crippen LogP contribution is -2.32. The van der Waals surface area contributed by atoms with Crippen LogP contribution >= 0.6 is 0 Å². The fraction of sp³-hybridized carbons (Fsp3) is 0.467. The van der Waals surface area contributed by atoms with Crippen molar-refractivity contribution in [2.24, 2.45) is 0 Å². The fourth-order valence-corrected chi connectivity index (χ4v) is 2.53. The molecule has 0 unspecified atom stereocenters. The lowest BCUT2D eigenvalue weighted by atomic mass is 10.2. The fourth-order valence-electron chi connectivity index (χ4n) is 2.53. The Morgan fingerprint density at radius 3 is 3.20 bits per heavy atom. The third-order valence-electron chi connectivity index (χ3n) is 3.65. The zero-order valence-corrected chi connectivity index (χ0v) is 11.4. The van der Waals surface area contributed by atoms with E-state index in [9.17, 15) is 4.79 Å². The van der Waals surface area contributed by atoms with Crippen LogP contribution in [0.4, 0.5) is 0 Å². The second-order valence-corrected chi connectivity index (χ2v) is 5.12. The SMILES string of the molecule is O=C(CCn1ncc2ccccc21)NC[C@@H]1CCCO1. The first kappa shape index (κ1) is 13.1. The number of ether oxygens (including phenoxy) is 1. The van der Waals surface area contributed by atoms with Crippen LogP contribution in [-0.2, 0) is 16.1 Å². The van der Waals surface area contributed by atoms with Crippen LogP contribution in [0.3, 0.4) is 0 Å². The molecular weight excluding hydrogens is 254 g/mol. The van der Waals surface area contributed by atoms with Crippen LogP contribution in [0.25, 0.3) is 10.9 Å². The van der Waals surface area contributed by atoms with Crippen molar-refractivity contribution >= 4 is 16.8 Å². The van der Waals surface area contributed by atoms with Crippen molar-refractivity contribution in [1.82, 2.24) is 15.1 Å². The third-order valence-corrected chi connectivity index (χ3v) is 3.65. The Balaban J connectivity index is 1.49. The molecule has 1 amide bonds. The van der Waals surface area contributed by atoms with E-state index in [1.165, 1.54) is 0 Å². The summed E-state index contributed by atoms with van der Waals surface area (Å²) in [7, 11) is 0. The molecule has 5 nitrogen and oxygen atoms in total. The molecule has 1 saturated heterocycles. The lowest BCUT2D eigenvalue weighted by molar-refractivity contribution is -0.121. The molecule has 1 aliphatic rings. The number of aromatic nitrogens is 2. The lowest BCUT2D eigenvalue weighted by Gasteiger charge is -2.10. The number of hydrogen-bond donors (Lipinski definition) is 1. The number of nitrogens with one attached hydrogen (secondary N) is 1. The van der Waals surface area contributed by atoms with Gasteiger partial charge >= 0.3 is 0 Å². The number of carbonyl (C=O) groups excluding carboxylic acids is 1. The van der Waals surface area contributed by atoms with E-state index in [0.717, 1.165) is 30.4 Å². The van der Waals surface area contributed by atoms with Gasteiger partial charge in [-0.05, 0) is 18.9 Å². The van der Waals surface area contributed by atoms with Gasteiger partial charge in [0.15, 0.2) is 0 Å². The number of amides is 1. The molecule has 2 aromatic rings. The van der Waals surface area contributed by atoms with Crippen LogP contribution in [0.1, 0.15) is 19.3 Å². The van der Waals surface area contributed by atoms with Crippen molar-refractivity contribution in [3.05, 3.63) is 30.5 Å². The Kier molecular flexibility index (Phi) is 3.97. The minimum absolute atomic E-state index is 0.0556. The van der Waals surface area contributed by atoms with Crippen molar-refractivity contribution in [2.45, 2.75) is 31.9 Å². The largest absolute Gasteiger partial charge is 0.376 e. The average Bonchev–Trinajstić information content (AvgIpc) is 3.12. The van der Waals surface area contributed by atoms with Gasteiger partial charge in [-0.25, -0.2) is 0 Å². The van der Waals surface area contributed by atoms with Crippen molar-refractivity contribution < 1.29 is 9.53 Å². The molecule has 20 heavy (non-hydrogen) atoms. The molecule has 106 valence electrons. The summed E-state index contributed by atoms with van der Waals surface area (Å²) in [5, 5.41) is 8.35.